The van der Waals surface area contributed by atoms with Gasteiger partial charge in [-0.3, -0.25) is 0 Å². The number of hydrogen-bond donors (Lipinski definition) is 0. The SMILES string of the molecule is C[Si](C)(C)c1ccccc1[B-](F)(F)F. The van der Waals surface area contributed by atoms with Gasteiger partial charge in [0.25, 0.3) is 0 Å². The van der Waals surface area contributed by atoms with Crippen molar-refractivity contribution < 1.29 is 12.9 Å². The fourth-order valence-electron chi connectivity index (χ4n) is 1.47. The third-order valence-electron chi connectivity index (χ3n) is 2.12. The first-order chi connectivity index (χ1) is 6.23. The maximum Gasteiger partial charge on any atom is 0.509 e. The Bertz CT molecular complexity index is 295. The molecule has 5 heteroatoms. The maximum absolute atomic E-state index is 12.7. The van der Waals surface area contributed by atoms with E-state index in [2.05, 4.69) is 0 Å². The average Bonchev–Trinajstić information content (AvgIpc) is 2.01. The van der Waals surface area contributed by atoms with Crippen LogP contribution in [-0.2, 0) is 0 Å². The first-order valence-electron chi connectivity index (χ1n) is 4.52. The number of halogens is 3. The van der Waals surface area contributed by atoms with Crippen LogP contribution in [0.25, 0.3) is 0 Å². The highest BCUT2D eigenvalue weighted by molar-refractivity contribution is 6.94. The van der Waals surface area contributed by atoms with Crippen LogP contribution in [0.3, 0.4) is 0 Å². The van der Waals surface area contributed by atoms with E-state index in [1.165, 1.54) is 12.1 Å². The molecule has 0 saturated heterocycles. The second-order valence-corrected chi connectivity index (χ2v) is 9.45. The summed E-state index contributed by atoms with van der Waals surface area (Å²) in [6.45, 7) is 0.905. The number of rotatable bonds is 2. The predicted octanol–water partition coefficient (Wildman–Crippen LogP) is 2.29. The molecule has 0 heterocycles. The van der Waals surface area contributed by atoms with Gasteiger partial charge in [0.15, 0.2) is 0 Å². The van der Waals surface area contributed by atoms with Gasteiger partial charge in [-0.25, -0.2) is 0 Å². The zero-order valence-electron chi connectivity index (χ0n) is 8.52. The van der Waals surface area contributed by atoms with Gasteiger partial charge in [0.2, 0.25) is 0 Å². The van der Waals surface area contributed by atoms with Crippen molar-refractivity contribution in [3.05, 3.63) is 24.3 Å². The van der Waals surface area contributed by atoms with Crippen LogP contribution < -0.4 is 10.6 Å². The lowest BCUT2D eigenvalue weighted by atomic mass is 9.80. The van der Waals surface area contributed by atoms with Gasteiger partial charge in [0, 0.05) is 0 Å². The van der Waals surface area contributed by atoms with Crippen molar-refractivity contribution >= 4 is 25.7 Å². The van der Waals surface area contributed by atoms with Crippen LogP contribution in [0.4, 0.5) is 12.9 Å². The lowest BCUT2D eigenvalue weighted by Gasteiger charge is -2.26. The van der Waals surface area contributed by atoms with Crippen LogP contribution in [0.1, 0.15) is 0 Å². The van der Waals surface area contributed by atoms with E-state index in [9.17, 15) is 12.9 Å². The van der Waals surface area contributed by atoms with Crippen molar-refractivity contribution in [2.75, 3.05) is 0 Å². The molecule has 0 aromatic heterocycles. The van der Waals surface area contributed by atoms with Crippen LogP contribution >= 0.6 is 0 Å². The van der Waals surface area contributed by atoms with Gasteiger partial charge >= 0.3 is 6.98 Å². The lowest BCUT2D eigenvalue weighted by molar-refractivity contribution is 0.501. The molecular formula is C9H13BF3Si-. The molecule has 14 heavy (non-hydrogen) atoms. The van der Waals surface area contributed by atoms with Crippen molar-refractivity contribution in [3.63, 3.8) is 0 Å². The topological polar surface area (TPSA) is 0 Å². The normalized spacial score (nSPS) is 13.0. The summed E-state index contributed by atoms with van der Waals surface area (Å²) in [6, 6.07) is 5.93. The van der Waals surface area contributed by atoms with Crippen molar-refractivity contribution in [1.29, 1.82) is 0 Å². The van der Waals surface area contributed by atoms with Gasteiger partial charge in [0.1, 0.15) is 0 Å². The Morgan fingerprint density at radius 1 is 1.00 bits per heavy atom. The summed E-state index contributed by atoms with van der Waals surface area (Å²) in [7, 11) is -1.89. The second-order valence-electron chi connectivity index (χ2n) is 4.41. The van der Waals surface area contributed by atoms with Gasteiger partial charge in [-0.15, -0.1) is 5.46 Å². The smallest absolute Gasteiger partial charge is 0.445 e. The van der Waals surface area contributed by atoms with Crippen LogP contribution in [0.2, 0.25) is 19.6 Å². The molecule has 0 atom stereocenters. The van der Waals surface area contributed by atoms with Crippen LogP contribution in [0, 0.1) is 0 Å². The third-order valence-corrected chi connectivity index (χ3v) is 4.19. The Balaban J connectivity index is 3.31. The molecule has 1 aromatic carbocycles. The fourth-order valence-corrected chi connectivity index (χ4v) is 3.17. The molecule has 0 fully saturated rings. The summed E-state index contributed by atoms with van der Waals surface area (Å²) in [6.07, 6.45) is 0. The summed E-state index contributed by atoms with van der Waals surface area (Å²) < 4.78 is 38.0. The Kier molecular flexibility index (Phi) is 2.81. The fraction of sp³-hybridized carbons (Fsp3) is 0.333. The van der Waals surface area contributed by atoms with Gasteiger partial charge in [-0.05, 0) is 0 Å². The molecule has 0 radical (unpaired) electrons. The van der Waals surface area contributed by atoms with E-state index in [1.807, 2.05) is 19.6 Å². The molecular weight excluding hydrogens is 204 g/mol. The molecule has 78 valence electrons. The average molecular weight is 217 g/mol. The number of hydrogen-bond acceptors (Lipinski definition) is 0. The molecule has 1 aromatic rings. The van der Waals surface area contributed by atoms with Crippen molar-refractivity contribution in [1.82, 2.24) is 0 Å². The third kappa shape index (κ3) is 2.41. The molecule has 0 aliphatic carbocycles. The molecule has 0 nitrogen and oxygen atoms in total. The minimum Gasteiger partial charge on any atom is -0.445 e. The summed E-state index contributed by atoms with van der Waals surface area (Å²) in [5.41, 5.74) is -0.410. The van der Waals surface area contributed by atoms with Crippen LogP contribution in [-0.4, -0.2) is 15.1 Å². The van der Waals surface area contributed by atoms with Crippen LogP contribution in [0.15, 0.2) is 24.3 Å². The molecule has 0 aliphatic heterocycles. The zero-order valence-corrected chi connectivity index (χ0v) is 9.52. The standard InChI is InChI=1S/C9H13BF3Si/c1-14(2,3)9-7-5-4-6-8(9)10(11,12)13/h4-7H,1-3H3/q-1. The Morgan fingerprint density at radius 3 is 1.86 bits per heavy atom. The highest BCUT2D eigenvalue weighted by atomic mass is 28.3. The van der Waals surface area contributed by atoms with E-state index in [0.29, 0.717) is 5.19 Å². The second kappa shape index (κ2) is 3.46. The summed E-state index contributed by atoms with van der Waals surface area (Å²) in [5.74, 6) is 0. The summed E-state index contributed by atoms with van der Waals surface area (Å²) in [5, 5.41) is 0.507. The first kappa shape index (κ1) is 11.4. The molecule has 0 unspecified atom stereocenters. The van der Waals surface area contributed by atoms with Gasteiger partial charge in [-0.1, -0.05) is 49.1 Å². The lowest BCUT2D eigenvalue weighted by Crippen LogP contribution is -2.54. The van der Waals surface area contributed by atoms with Crippen molar-refractivity contribution in [2.45, 2.75) is 19.6 Å². The number of benzene rings is 1. The Hall–Kier alpha value is -0.708. The predicted molar refractivity (Wildman–Crippen MR) is 58.1 cm³/mol. The quantitative estimate of drug-likeness (QED) is 0.666. The van der Waals surface area contributed by atoms with Gasteiger partial charge in [-0.2, -0.15) is 0 Å². The van der Waals surface area contributed by atoms with E-state index >= 15 is 0 Å². The van der Waals surface area contributed by atoms with Crippen molar-refractivity contribution in [3.8, 4) is 0 Å². The Morgan fingerprint density at radius 2 is 1.50 bits per heavy atom. The van der Waals surface area contributed by atoms with E-state index in [-0.39, 0.29) is 0 Å². The molecule has 0 spiro atoms. The molecule has 0 N–H and O–H groups in total. The minimum atomic E-state index is -4.87. The van der Waals surface area contributed by atoms with Crippen LogP contribution in [0.5, 0.6) is 0 Å². The monoisotopic (exact) mass is 217 g/mol. The summed E-state index contributed by atoms with van der Waals surface area (Å²) >= 11 is 0. The van der Waals surface area contributed by atoms with Gasteiger partial charge < -0.3 is 12.9 Å². The minimum absolute atomic E-state index is 0.410. The molecule has 0 amide bonds. The molecule has 0 saturated carbocycles. The van der Waals surface area contributed by atoms with E-state index in [1.54, 1.807) is 12.1 Å². The summed E-state index contributed by atoms with van der Waals surface area (Å²) in [4.78, 5) is 0. The first-order valence-corrected chi connectivity index (χ1v) is 8.02. The van der Waals surface area contributed by atoms with E-state index in [0.717, 1.165) is 0 Å². The molecule has 0 aliphatic rings. The highest BCUT2D eigenvalue weighted by Gasteiger charge is 2.31. The van der Waals surface area contributed by atoms with Gasteiger partial charge in [0.05, 0.1) is 8.07 Å². The molecule has 0 bridgehead atoms. The van der Waals surface area contributed by atoms with Crippen molar-refractivity contribution in [2.24, 2.45) is 0 Å². The maximum atomic E-state index is 12.7. The Labute approximate surface area is 83.2 Å². The zero-order chi connectivity index (χ0) is 11.0. The van der Waals surface area contributed by atoms with E-state index < -0.39 is 20.5 Å². The largest absolute Gasteiger partial charge is 0.509 e. The molecule has 1 rings (SSSR count). The van der Waals surface area contributed by atoms with E-state index in [4.69, 9.17) is 0 Å². The highest BCUT2D eigenvalue weighted by Crippen LogP contribution is 2.10.